The smallest absolute Gasteiger partial charge is 0.247 e. The molecule has 1 aliphatic heterocycles. The molecule has 5 heteroatoms. The fraction of sp³-hybridized carbons (Fsp3) is 0.438. The molecule has 0 N–H and O–H groups in total. The Bertz CT molecular complexity index is 554. The third kappa shape index (κ3) is 3.40. The molecule has 2 rings (SSSR count). The van der Waals surface area contributed by atoms with Crippen molar-refractivity contribution in [3.8, 4) is 11.8 Å². The Morgan fingerprint density at radius 2 is 1.81 bits per heavy atom. The van der Waals surface area contributed by atoms with E-state index < -0.39 is 11.7 Å². The van der Waals surface area contributed by atoms with Crippen LogP contribution in [-0.4, -0.2) is 36.8 Å². The van der Waals surface area contributed by atoms with E-state index in [1.54, 1.807) is 29.2 Å². The zero-order valence-corrected chi connectivity index (χ0v) is 12.0. The summed E-state index contributed by atoms with van der Waals surface area (Å²) in [6.45, 7) is 1.26. The molecule has 0 radical (unpaired) electrons. The second-order valence-electron chi connectivity index (χ2n) is 5.04. The van der Waals surface area contributed by atoms with E-state index >= 15 is 0 Å². The second-order valence-corrected chi connectivity index (χ2v) is 5.04. The molecule has 1 heterocycles. The zero-order chi connectivity index (χ0) is 15.2. The van der Waals surface area contributed by atoms with Gasteiger partial charge in [-0.05, 0) is 43.5 Å². The molecule has 1 aromatic carbocycles. The average Bonchev–Trinajstić information content (AvgIpc) is 2.56. The normalized spacial score (nSPS) is 15.9. The summed E-state index contributed by atoms with van der Waals surface area (Å²) in [7, 11) is 1.54. The van der Waals surface area contributed by atoms with Gasteiger partial charge in [-0.25, -0.2) is 0 Å². The summed E-state index contributed by atoms with van der Waals surface area (Å²) in [6.07, 6.45) is 2.95. The Morgan fingerprint density at radius 1 is 1.19 bits per heavy atom. The van der Waals surface area contributed by atoms with Crippen LogP contribution in [0.4, 0.5) is 0 Å². The molecule has 110 valence electrons. The molecule has 0 aliphatic carbocycles. The summed E-state index contributed by atoms with van der Waals surface area (Å²) in [6, 6.07) is 8.30. The summed E-state index contributed by atoms with van der Waals surface area (Å²) in [5.74, 6) is -1.45. The first-order valence-corrected chi connectivity index (χ1v) is 7.04. The molecular weight excluding hydrogens is 268 g/mol. The standard InChI is InChI=1S/C16H18N2O3/c1-21-13-7-5-12(6-8-13)15(19)14(11-17)16(20)18-9-3-2-4-10-18/h5-8,14H,2-4,9-10H2,1H3/t14-/m0/s1. The minimum atomic E-state index is -1.25. The van der Waals surface area contributed by atoms with Crippen LogP contribution in [0.2, 0.25) is 0 Å². The van der Waals surface area contributed by atoms with E-state index in [1.807, 2.05) is 6.07 Å². The van der Waals surface area contributed by atoms with Crippen LogP contribution in [0.1, 0.15) is 29.6 Å². The monoisotopic (exact) mass is 286 g/mol. The molecule has 1 aromatic rings. The molecule has 0 bridgehead atoms. The van der Waals surface area contributed by atoms with E-state index in [2.05, 4.69) is 0 Å². The molecule has 1 aliphatic rings. The predicted octanol–water partition coefficient (Wildman–Crippen LogP) is 2.03. The van der Waals surface area contributed by atoms with Gasteiger partial charge >= 0.3 is 0 Å². The van der Waals surface area contributed by atoms with Gasteiger partial charge in [0.1, 0.15) is 5.75 Å². The number of Topliss-reactive ketones (excluding diaryl/α,β-unsaturated/α-hetero) is 1. The maximum atomic E-state index is 12.3. The summed E-state index contributed by atoms with van der Waals surface area (Å²) in [5, 5.41) is 9.22. The van der Waals surface area contributed by atoms with Crippen LogP contribution in [-0.2, 0) is 4.79 Å². The van der Waals surface area contributed by atoms with Crippen LogP contribution in [0.5, 0.6) is 5.75 Å². The lowest BCUT2D eigenvalue weighted by molar-refractivity contribution is -0.133. The Morgan fingerprint density at radius 3 is 2.33 bits per heavy atom. The number of piperidine rings is 1. The van der Waals surface area contributed by atoms with Crippen LogP contribution in [0.15, 0.2) is 24.3 Å². The molecule has 1 saturated heterocycles. The summed E-state index contributed by atoms with van der Waals surface area (Å²) in [5.41, 5.74) is 0.354. The molecule has 21 heavy (non-hydrogen) atoms. The maximum absolute atomic E-state index is 12.3. The number of ketones is 1. The number of nitrogens with zero attached hydrogens (tertiary/aromatic N) is 2. The van der Waals surface area contributed by atoms with E-state index in [4.69, 9.17) is 4.74 Å². The van der Waals surface area contributed by atoms with Crippen molar-refractivity contribution in [3.05, 3.63) is 29.8 Å². The quantitative estimate of drug-likeness (QED) is 0.627. The van der Waals surface area contributed by atoms with Gasteiger partial charge in [-0.1, -0.05) is 0 Å². The van der Waals surface area contributed by atoms with Crippen molar-refractivity contribution in [2.24, 2.45) is 5.92 Å². The number of methoxy groups -OCH3 is 1. The highest BCUT2D eigenvalue weighted by atomic mass is 16.5. The lowest BCUT2D eigenvalue weighted by atomic mass is 9.96. The number of ether oxygens (including phenoxy) is 1. The number of likely N-dealkylation sites (tertiary alicyclic amines) is 1. The van der Waals surface area contributed by atoms with Crippen molar-refractivity contribution >= 4 is 11.7 Å². The van der Waals surface area contributed by atoms with Crippen LogP contribution in [0.25, 0.3) is 0 Å². The summed E-state index contributed by atoms with van der Waals surface area (Å²) >= 11 is 0. The van der Waals surface area contributed by atoms with Gasteiger partial charge in [0.05, 0.1) is 13.2 Å². The van der Waals surface area contributed by atoms with Crippen molar-refractivity contribution in [2.75, 3.05) is 20.2 Å². The molecular formula is C16H18N2O3. The average molecular weight is 286 g/mol. The van der Waals surface area contributed by atoms with Crippen LogP contribution in [0.3, 0.4) is 0 Å². The second kappa shape index (κ2) is 6.89. The summed E-state index contributed by atoms with van der Waals surface area (Å²) < 4.78 is 5.03. The van der Waals surface area contributed by atoms with Gasteiger partial charge in [-0.3, -0.25) is 9.59 Å². The SMILES string of the molecule is COc1ccc(C(=O)[C@H](C#N)C(=O)N2CCCCC2)cc1. The first-order valence-electron chi connectivity index (χ1n) is 7.04. The predicted molar refractivity (Wildman–Crippen MR) is 76.9 cm³/mol. The molecule has 0 spiro atoms. The van der Waals surface area contributed by atoms with Gasteiger partial charge in [0, 0.05) is 18.7 Å². The van der Waals surface area contributed by atoms with Crippen LogP contribution >= 0.6 is 0 Å². The van der Waals surface area contributed by atoms with E-state index in [-0.39, 0.29) is 5.91 Å². The maximum Gasteiger partial charge on any atom is 0.247 e. The minimum absolute atomic E-state index is 0.354. The molecule has 1 atom stereocenters. The fourth-order valence-corrected chi connectivity index (χ4v) is 2.44. The topological polar surface area (TPSA) is 70.4 Å². The molecule has 1 fully saturated rings. The lowest BCUT2D eigenvalue weighted by Crippen LogP contribution is -2.41. The number of nitriles is 1. The Labute approximate surface area is 124 Å². The van der Waals surface area contributed by atoms with E-state index in [0.717, 1.165) is 19.3 Å². The van der Waals surface area contributed by atoms with Gasteiger partial charge in [-0.2, -0.15) is 5.26 Å². The molecule has 1 amide bonds. The number of carbonyl (C=O) groups excluding carboxylic acids is 2. The first-order chi connectivity index (χ1) is 10.2. The van der Waals surface area contributed by atoms with E-state index in [0.29, 0.717) is 24.4 Å². The Balaban J connectivity index is 2.13. The van der Waals surface area contributed by atoms with Gasteiger partial charge < -0.3 is 9.64 Å². The van der Waals surface area contributed by atoms with Gasteiger partial charge in [0.25, 0.3) is 0 Å². The van der Waals surface area contributed by atoms with Crippen molar-refractivity contribution in [3.63, 3.8) is 0 Å². The van der Waals surface area contributed by atoms with Crippen LogP contribution < -0.4 is 4.74 Å². The number of carbonyl (C=O) groups is 2. The van der Waals surface area contributed by atoms with E-state index in [1.165, 1.54) is 7.11 Å². The van der Waals surface area contributed by atoms with E-state index in [9.17, 15) is 14.9 Å². The Kier molecular flexibility index (Phi) is 4.94. The largest absolute Gasteiger partial charge is 0.497 e. The molecule has 5 nitrogen and oxygen atoms in total. The van der Waals surface area contributed by atoms with Crippen LogP contribution in [0, 0.1) is 17.2 Å². The number of amides is 1. The molecule has 0 saturated carbocycles. The van der Waals surface area contributed by atoms with Crippen molar-refractivity contribution in [2.45, 2.75) is 19.3 Å². The van der Waals surface area contributed by atoms with Crippen molar-refractivity contribution in [1.82, 2.24) is 4.90 Å². The Hall–Kier alpha value is -2.35. The summed E-state index contributed by atoms with van der Waals surface area (Å²) in [4.78, 5) is 26.3. The van der Waals surface area contributed by atoms with Gasteiger partial charge in [-0.15, -0.1) is 0 Å². The molecule has 0 aromatic heterocycles. The zero-order valence-electron chi connectivity index (χ0n) is 12.0. The highest BCUT2D eigenvalue weighted by Crippen LogP contribution is 2.18. The highest BCUT2D eigenvalue weighted by molar-refractivity contribution is 6.12. The van der Waals surface area contributed by atoms with Gasteiger partial charge in [0.2, 0.25) is 5.91 Å². The number of hydrogen-bond donors (Lipinski definition) is 0. The minimum Gasteiger partial charge on any atom is -0.497 e. The lowest BCUT2D eigenvalue weighted by Gasteiger charge is -2.28. The number of benzene rings is 1. The number of hydrogen-bond acceptors (Lipinski definition) is 4. The van der Waals surface area contributed by atoms with Crippen molar-refractivity contribution in [1.29, 1.82) is 5.26 Å². The van der Waals surface area contributed by atoms with Gasteiger partial charge in [0.15, 0.2) is 11.7 Å². The number of rotatable bonds is 4. The third-order valence-corrected chi connectivity index (χ3v) is 3.68. The first kappa shape index (κ1) is 15.0. The molecule has 0 unspecified atom stereocenters. The highest BCUT2D eigenvalue weighted by Gasteiger charge is 2.31. The fourth-order valence-electron chi connectivity index (χ4n) is 2.44. The third-order valence-electron chi connectivity index (χ3n) is 3.68. The van der Waals surface area contributed by atoms with Crippen molar-refractivity contribution < 1.29 is 14.3 Å².